The van der Waals surface area contributed by atoms with Crippen molar-refractivity contribution in [3.8, 4) is 0 Å². The molecule has 0 saturated heterocycles. The summed E-state index contributed by atoms with van der Waals surface area (Å²) < 4.78 is 68.8. The van der Waals surface area contributed by atoms with Gasteiger partial charge >= 0.3 is 6.18 Å². The lowest BCUT2D eigenvalue weighted by Crippen LogP contribution is -2.20. The van der Waals surface area contributed by atoms with Gasteiger partial charge in [-0.15, -0.1) is 0 Å². The minimum absolute atomic E-state index is 0.0643. The van der Waals surface area contributed by atoms with Crippen LogP contribution in [-0.4, -0.2) is 18.4 Å². The van der Waals surface area contributed by atoms with Gasteiger partial charge in [-0.25, -0.2) is 18.4 Å². The third-order valence-corrected chi connectivity index (χ3v) is 6.67. The maximum absolute atomic E-state index is 13.5. The Morgan fingerprint density at radius 2 is 1.41 bits per heavy atom. The molecule has 2 N–H and O–H groups in total. The summed E-state index contributed by atoms with van der Waals surface area (Å²) in [6, 6.07) is 14.8. The van der Waals surface area contributed by atoms with Crippen LogP contribution < -0.4 is 10.0 Å². The maximum atomic E-state index is 13.5. The number of halogens is 3. The number of aromatic nitrogens is 2. The highest BCUT2D eigenvalue weighted by Crippen LogP contribution is 2.35. The van der Waals surface area contributed by atoms with Crippen molar-refractivity contribution in [1.82, 2.24) is 9.97 Å². The Morgan fingerprint density at radius 3 is 2.03 bits per heavy atom. The molecule has 0 fully saturated rings. The molecule has 176 valence electrons. The fourth-order valence-electron chi connectivity index (χ4n) is 3.45. The molecule has 10 heteroatoms. The lowest BCUT2D eigenvalue weighted by Gasteiger charge is -2.17. The molecule has 0 saturated carbocycles. The molecule has 0 spiro atoms. The normalized spacial score (nSPS) is 12.1. The molecular formula is C24H21F3N4O2S. The summed E-state index contributed by atoms with van der Waals surface area (Å²) in [4.78, 5) is 8.03. The Bertz CT molecular complexity index is 1500. The van der Waals surface area contributed by atoms with E-state index >= 15 is 0 Å². The van der Waals surface area contributed by atoms with E-state index in [4.69, 9.17) is 0 Å². The number of alkyl halides is 3. The predicted molar refractivity (Wildman–Crippen MR) is 126 cm³/mol. The van der Waals surface area contributed by atoms with Gasteiger partial charge in [0, 0.05) is 5.69 Å². The molecule has 1 heterocycles. The van der Waals surface area contributed by atoms with Crippen molar-refractivity contribution >= 4 is 38.4 Å². The summed E-state index contributed by atoms with van der Waals surface area (Å²) in [6.45, 7) is 5.68. The van der Waals surface area contributed by atoms with Crippen LogP contribution in [0.15, 0.2) is 65.6 Å². The average Bonchev–Trinajstić information content (AvgIpc) is 2.75. The van der Waals surface area contributed by atoms with Gasteiger partial charge in [-0.1, -0.05) is 24.3 Å². The third-order valence-electron chi connectivity index (χ3n) is 5.27. The SMILES string of the molecule is Cc1cccc(Nc2nc3cc(C)c(C)cc3nc2NS(=O)(=O)c2ccccc2C(F)(F)F)c1. The van der Waals surface area contributed by atoms with Crippen LogP contribution in [0.4, 0.5) is 30.5 Å². The van der Waals surface area contributed by atoms with Crippen LogP contribution in [0.3, 0.4) is 0 Å². The van der Waals surface area contributed by atoms with Gasteiger partial charge in [0.25, 0.3) is 10.0 Å². The van der Waals surface area contributed by atoms with Gasteiger partial charge in [-0.2, -0.15) is 13.2 Å². The summed E-state index contributed by atoms with van der Waals surface area (Å²) in [5, 5.41) is 3.04. The van der Waals surface area contributed by atoms with Gasteiger partial charge in [-0.3, -0.25) is 4.72 Å². The molecule has 0 aliphatic rings. The fourth-order valence-corrected chi connectivity index (χ4v) is 4.68. The summed E-state index contributed by atoms with van der Waals surface area (Å²) in [5.74, 6) is -0.149. The third kappa shape index (κ3) is 4.81. The van der Waals surface area contributed by atoms with Crippen molar-refractivity contribution in [1.29, 1.82) is 0 Å². The number of benzene rings is 3. The van der Waals surface area contributed by atoms with Crippen molar-refractivity contribution in [2.75, 3.05) is 10.0 Å². The number of fused-ring (bicyclic) bond motifs is 1. The van der Waals surface area contributed by atoms with Crippen LogP contribution in [0.1, 0.15) is 22.3 Å². The highest BCUT2D eigenvalue weighted by molar-refractivity contribution is 7.92. The second-order valence-electron chi connectivity index (χ2n) is 7.94. The minimum Gasteiger partial charge on any atom is -0.337 e. The molecule has 34 heavy (non-hydrogen) atoms. The van der Waals surface area contributed by atoms with Gasteiger partial charge in [0.15, 0.2) is 11.6 Å². The molecule has 3 aromatic carbocycles. The zero-order valence-electron chi connectivity index (χ0n) is 18.5. The van der Waals surface area contributed by atoms with E-state index in [1.54, 1.807) is 12.1 Å². The number of rotatable bonds is 5. The van der Waals surface area contributed by atoms with E-state index in [0.29, 0.717) is 16.7 Å². The van der Waals surface area contributed by atoms with E-state index < -0.39 is 26.7 Å². The first kappa shape index (κ1) is 23.5. The summed E-state index contributed by atoms with van der Waals surface area (Å²) in [6.07, 6.45) is -4.85. The largest absolute Gasteiger partial charge is 0.417 e. The molecule has 6 nitrogen and oxygen atoms in total. The molecule has 1 aromatic heterocycles. The van der Waals surface area contributed by atoms with E-state index in [1.807, 2.05) is 45.0 Å². The molecule has 0 aliphatic heterocycles. The molecule has 0 bridgehead atoms. The fraction of sp³-hybridized carbons (Fsp3) is 0.167. The molecule has 0 unspecified atom stereocenters. The first-order chi connectivity index (χ1) is 15.9. The van der Waals surface area contributed by atoms with E-state index in [0.717, 1.165) is 34.9 Å². The first-order valence-corrected chi connectivity index (χ1v) is 11.7. The number of anilines is 3. The highest BCUT2D eigenvalue weighted by atomic mass is 32.2. The molecule has 4 aromatic rings. The second-order valence-corrected chi connectivity index (χ2v) is 9.59. The second kappa shape index (κ2) is 8.60. The van der Waals surface area contributed by atoms with E-state index in [2.05, 4.69) is 20.0 Å². The zero-order chi connectivity index (χ0) is 24.7. The first-order valence-electron chi connectivity index (χ1n) is 10.3. The standard InChI is InChI=1S/C24H21F3N4O2S/c1-14-7-6-8-17(11-14)28-22-23(30-20-13-16(3)15(2)12-19(20)29-22)31-34(32,33)21-10-5-4-9-18(21)24(25,26)27/h4-13H,1-3H3,(H,28,29)(H,30,31). The van der Waals surface area contributed by atoms with Crippen LogP contribution in [0.2, 0.25) is 0 Å². The van der Waals surface area contributed by atoms with Crippen molar-refractivity contribution in [2.24, 2.45) is 0 Å². The smallest absolute Gasteiger partial charge is 0.337 e. The van der Waals surface area contributed by atoms with Gasteiger partial charge in [-0.05, 0) is 73.9 Å². The van der Waals surface area contributed by atoms with Crippen LogP contribution in [-0.2, 0) is 16.2 Å². The Hall–Kier alpha value is -3.66. The average molecular weight is 487 g/mol. The Labute approximate surface area is 194 Å². The van der Waals surface area contributed by atoms with Gasteiger partial charge in [0.2, 0.25) is 0 Å². The molecule has 4 rings (SSSR count). The monoisotopic (exact) mass is 486 g/mol. The Balaban J connectivity index is 1.86. The Kier molecular flexibility index (Phi) is 5.94. The molecule has 0 radical (unpaired) electrons. The molecule has 0 amide bonds. The van der Waals surface area contributed by atoms with Crippen LogP contribution in [0.5, 0.6) is 0 Å². The number of hydrogen-bond donors (Lipinski definition) is 2. The lowest BCUT2D eigenvalue weighted by molar-refractivity contribution is -0.139. The van der Waals surface area contributed by atoms with Crippen LogP contribution in [0, 0.1) is 20.8 Å². The van der Waals surface area contributed by atoms with Crippen molar-refractivity contribution < 1.29 is 21.6 Å². The van der Waals surface area contributed by atoms with Gasteiger partial charge < -0.3 is 5.32 Å². The van der Waals surface area contributed by atoms with Gasteiger partial charge in [0.05, 0.1) is 21.5 Å². The number of nitrogens with one attached hydrogen (secondary N) is 2. The minimum atomic E-state index is -4.85. The molecular weight excluding hydrogens is 465 g/mol. The number of hydrogen-bond acceptors (Lipinski definition) is 5. The van der Waals surface area contributed by atoms with Crippen LogP contribution in [0.25, 0.3) is 11.0 Å². The van der Waals surface area contributed by atoms with Gasteiger partial charge in [0.1, 0.15) is 0 Å². The molecule has 0 atom stereocenters. The van der Waals surface area contributed by atoms with Crippen molar-refractivity contribution in [2.45, 2.75) is 31.8 Å². The van der Waals surface area contributed by atoms with E-state index in [1.165, 1.54) is 6.07 Å². The lowest BCUT2D eigenvalue weighted by atomic mass is 10.1. The summed E-state index contributed by atoms with van der Waals surface area (Å²) >= 11 is 0. The number of sulfonamides is 1. The number of aryl methyl sites for hydroxylation is 3. The zero-order valence-corrected chi connectivity index (χ0v) is 19.3. The molecule has 0 aliphatic carbocycles. The predicted octanol–water partition coefficient (Wildman–Crippen LogP) is 6.12. The van der Waals surface area contributed by atoms with E-state index in [-0.39, 0.29) is 11.6 Å². The van der Waals surface area contributed by atoms with Crippen molar-refractivity contribution in [3.63, 3.8) is 0 Å². The van der Waals surface area contributed by atoms with E-state index in [9.17, 15) is 21.6 Å². The van der Waals surface area contributed by atoms with Crippen molar-refractivity contribution in [3.05, 3.63) is 82.9 Å². The Morgan fingerprint density at radius 1 is 0.794 bits per heavy atom. The highest BCUT2D eigenvalue weighted by Gasteiger charge is 2.37. The summed E-state index contributed by atoms with van der Waals surface area (Å²) in [7, 11) is -4.65. The quantitative estimate of drug-likeness (QED) is 0.355. The topological polar surface area (TPSA) is 84.0 Å². The summed E-state index contributed by atoms with van der Waals surface area (Å²) in [5.41, 5.74) is 3.10. The van der Waals surface area contributed by atoms with Crippen LogP contribution >= 0.6 is 0 Å². The maximum Gasteiger partial charge on any atom is 0.417 e. The number of nitrogens with zero attached hydrogens (tertiary/aromatic N) is 2.